The first-order chi connectivity index (χ1) is 14.0. The molecule has 0 aliphatic heterocycles. The summed E-state index contributed by atoms with van der Waals surface area (Å²) in [6, 6.07) is 13.4. The molecule has 0 radical (unpaired) electrons. The molecule has 0 fully saturated rings. The molecule has 0 saturated heterocycles. The summed E-state index contributed by atoms with van der Waals surface area (Å²) in [5.41, 5.74) is 2.40. The van der Waals surface area contributed by atoms with Crippen LogP contribution >= 0.6 is 0 Å². The zero-order valence-electron chi connectivity index (χ0n) is 16.9. The van der Waals surface area contributed by atoms with E-state index in [0.29, 0.717) is 25.4 Å². The van der Waals surface area contributed by atoms with Crippen LogP contribution in [0.4, 0.5) is 0 Å². The van der Waals surface area contributed by atoms with Gasteiger partial charge in [0.25, 0.3) is 5.91 Å². The van der Waals surface area contributed by atoms with Crippen LogP contribution in [0.3, 0.4) is 0 Å². The number of ether oxygens (including phenoxy) is 1. The van der Waals surface area contributed by atoms with Gasteiger partial charge in [0.1, 0.15) is 18.1 Å². The number of amides is 1. The number of carbonyl (C=O) groups is 1. The van der Waals surface area contributed by atoms with E-state index in [4.69, 9.17) is 9.37 Å². The first-order valence-corrected chi connectivity index (χ1v) is 9.37. The molecule has 0 aliphatic rings. The lowest BCUT2D eigenvalue weighted by Gasteiger charge is -2.22. The minimum Gasteiger partial charge on any atom is -0.492 e. The molecule has 0 N–H and O–H groups in total. The number of carbonyl (C=O) groups excluding carboxylic acids is 1. The van der Waals surface area contributed by atoms with Gasteiger partial charge < -0.3 is 14.5 Å². The maximum Gasteiger partial charge on any atom is 0.278 e. The lowest BCUT2D eigenvalue weighted by molar-refractivity contribution is 0.0715. The molecule has 1 amide bonds. The van der Waals surface area contributed by atoms with Gasteiger partial charge >= 0.3 is 0 Å². The van der Waals surface area contributed by atoms with Crippen molar-refractivity contribution in [3.05, 3.63) is 71.3 Å². The Kier molecular flexibility index (Phi) is 6.91. The molecule has 2 heterocycles. The van der Waals surface area contributed by atoms with E-state index < -0.39 is 0 Å². The van der Waals surface area contributed by atoms with Crippen LogP contribution in [0.2, 0.25) is 0 Å². The average Bonchev–Trinajstić information content (AvgIpc) is 3.14. The zero-order chi connectivity index (χ0) is 20.6. The molecule has 2 aromatic heterocycles. The van der Waals surface area contributed by atoms with Crippen LogP contribution in [0.25, 0.3) is 0 Å². The minimum absolute atomic E-state index is 0.208. The summed E-state index contributed by atoms with van der Waals surface area (Å²) in [5, 5.41) is 7.49. The largest absolute Gasteiger partial charge is 0.492 e. The lowest BCUT2D eigenvalue weighted by Crippen LogP contribution is -2.31. The molecule has 0 unspecified atom stereocenters. The van der Waals surface area contributed by atoms with E-state index in [2.05, 4.69) is 20.2 Å². The molecule has 29 heavy (non-hydrogen) atoms. The molecule has 0 aliphatic carbocycles. The van der Waals surface area contributed by atoms with Gasteiger partial charge in [-0.1, -0.05) is 23.4 Å². The zero-order valence-corrected chi connectivity index (χ0v) is 16.9. The highest BCUT2D eigenvalue weighted by Crippen LogP contribution is 2.18. The summed E-state index contributed by atoms with van der Waals surface area (Å²) in [4.78, 5) is 21.1. The molecule has 0 spiro atoms. The highest BCUT2D eigenvalue weighted by molar-refractivity contribution is 5.93. The Morgan fingerprint density at radius 3 is 2.66 bits per heavy atom. The number of hydrogen-bond acceptors (Lipinski definition) is 7. The normalized spacial score (nSPS) is 10.9. The van der Waals surface area contributed by atoms with Gasteiger partial charge in [0, 0.05) is 19.3 Å². The van der Waals surface area contributed by atoms with Gasteiger partial charge in [-0.05, 0) is 56.0 Å². The molecule has 8 nitrogen and oxygen atoms in total. The van der Waals surface area contributed by atoms with Gasteiger partial charge in [-0.2, -0.15) is 0 Å². The van der Waals surface area contributed by atoms with Crippen molar-refractivity contribution in [1.29, 1.82) is 0 Å². The molecule has 3 aromatic rings. The standard InChI is InChI=1S/C21H25N5O3/c1-16-20(24-29-23-16)21(27)26(15-18-8-4-5-10-22-18)14-17-7-6-9-19(13-17)28-12-11-25(2)3/h4-10,13H,11-12,14-15H2,1-3H3. The van der Waals surface area contributed by atoms with Crippen LogP contribution in [0.5, 0.6) is 5.75 Å². The molecule has 0 bridgehead atoms. The van der Waals surface area contributed by atoms with Gasteiger partial charge in [-0.15, -0.1) is 0 Å². The maximum atomic E-state index is 13.1. The third-order valence-corrected chi connectivity index (χ3v) is 4.30. The molecule has 3 rings (SSSR count). The monoisotopic (exact) mass is 395 g/mol. The van der Waals surface area contributed by atoms with Crippen LogP contribution in [0, 0.1) is 6.92 Å². The van der Waals surface area contributed by atoms with Gasteiger partial charge in [0.05, 0.1) is 12.2 Å². The Hall–Kier alpha value is -3.26. The van der Waals surface area contributed by atoms with Gasteiger partial charge in [-0.3, -0.25) is 9.78 Å². The van der Waals surface area contributed by atoms with Crippen LogP contribution in [-0.2, 0) is 13.1 Å². The summed E-state index contributed by atoms with van der Waals surface area (Å²) in [6.45, 7) is 3.84. The minimum atomic E-state index is -0.256. The smallest absolute Gasteiger partial charge is 0.278 e. The summed E-state index contributed by atoms with van der Waals surface area (Å²) >= 11 is 0. The lowest BCUT2D eigenvalue weighted by atomic mass is 10.1. The molecule has 0 saturated carbocycles. The maximum absolute atomic E-state index is 13.1. The van der Waals surface area contributed by atoms with E-state index in [9.17, 15) is 4.79 Å². The predicted octanol–water partition coefficient (Wildman–Crippen LogP) is 2.56. The number of rotatable bonds is 9. The van der Waals surface area contributed by atoms with E-state index in [0.717, 1.165) is 23.6 Å². The van der Waals surface area contributed by atoms with Crippen molar-refractivity contribution in [2.75, 3.05) is 27.2 Å². The topological polar surface area (TPSA) is 84.6 Å². The van der Waals surface area contributed by atoms with E-state index in [1.54, 1.807) is 18.0 Å². The number of aryl methyl sites for hydroxylation is 1. The number of pyridine rings is 1. The van der Waals surface area contributed by atoms with Crippen LogP contribution < -0.4 is 4.74 Å². The van der Waals surface area contributed by atoms with Gasteiger partial charge in [-0.25, -0.2) is 4.63 Å². The molecular weight excluding hydrogens is 370 g/mol. The molecular formula is C21H25N5O3. The van der Waals surface area contributed by atoms with Crippen molar-refractivity contribution < 1.29 is 14.2 Å². The number of nitrogens with zero attached hydrogens (tertiary/aromatic N) is 5. The summed E-state index contributed by atoms with van der Waals surface area (Å²) in [5.74, 6) is 0.516. The summed E-state index contributed by atoms with van der Waals surface area (Å²) in [6.07, 6.45) is 1.71. The predicted molar refractivity (Wildman–Crippen MR) is 107 cm³/mol. The first-order valence-electron chi connectivity index (χ1n) is 9.37. The Bertz CT molecular complexity index is 927. The second-order valence-electron chi connectivity index (χ2n) is 6.98. The van der Waals surface area contributed by atoms with Crippen molar-refractivity contribution in [1.82, 2.24) is 25.1 Å². The van der Waals surface area contributed by atoms with E-state index in [1.807, 2.05) is 56.6 Å². The first kappa shape index (κ1) is 20.5. The van der Waals surface area contributed by atoms with Crippen LogP contribution in [0.15, 0.2) is 53.3 Å². The van der Waals surface area contributed by atoms with E-state index >= 15 is 0 Å². The van der Waals surface area contributed by atoms with Crippen molar-refractivity contribution in [3.63, 3.8) is 0 Å². The van der Waals surface area contributed by atoms with Crippen molar-refractivity contribution in [3.8, 4) is 5.75 Å². The fourth-order valence-corrected chi connectivity index (χ4v) is 2.76. The molecule has 8 heteroatoms. The summed E-state index contributed by atoms with van der Waals surface area (Å²) in [7, 11) is 4.00. The fourth-order valence-electron chi connectivity index (χ4n) is 2.76. The fraction of sp³-hybridized carbons (Fsp3) is 0.333. The number of hydrogen-bond donors (Lipinski definition) is 0. The molecule has 0 atom stereocenters. The number of aromatic nitrogens is 3. The van der Waals surface area contributed by atoms with Crippen molar-refractivity contribution >= 4 is 5.91 Å². The summed E-state index contributed by atoms with van der Waals surface area (Å²) < 4.78 is 10.5. The van der Waals surface area contributed by atoms with Gasteiger partial charge in [0.2, 0.25) is 0 Å². The quantitative estimate of drug-likeness (QED) is 0.550. The number of likely N-dealkylation sites (N-methyl/N-ethyl adjacent to an activating group) is 1. The highest BCUT2D eigenvalue weighted by Gasteiger charge is 2.23. The SMILES string of the molecule is Cc1nonc1C(=O)N(Cc1cccc(OCCN(C)C)c1)Cc1ccccn1. The Morgan fingerprint density at radius 1 is 1.10 bits per heavy atom. The second kappa shape index (κ2) is 9.79. The molecule has 1 aromatic carbocycles. The second-order valence-corrected chi connectivity index (χ2v) is 6.98. The van der Waals surface area contributed by atoms with E-state index in [1.165, 1.54) is 0 Å². The Morgan fingerprint density at radius 2 is 1.97 bits per heavy atom. The Balaban J connectivity index is 1.77. The van der Waals surface area contributed by atoms with Crippen molar-refractivity contribution in [2.24, 2.45) is 0 Å². The van der Waals surface area contributed by atoms with E-state index in [-0.39, 0.29) is 11.6 Å². The van der Waals surface area contributed by atoms with Crippen molar-refractivity contribution in [2.45, 2.75) is 20.0 Å². The average molecular weight is 395 g/mol. The van der Waals surface area contributed by atoms with Gasteiger partial charge in [0.15, 0.2) is 5.69 Å². The third-order valence-electron chi connectivity index (χ3n) is 4.30. The van der Waals surface area contributed by atoms with Crippen LogP contribution in [-0.4, -0.2) is 58.3 Å². The number of benzene rings is 1. The highest BCUT2D eigenvalue weighted by atomic mass is 16.6. The Labute approximate surface area is 170 Å². The molecule has 152 valence electrons. The van der Waals surface area contributed by atoms with Crippen LogP contribution in [0.1, 0.15) is 27.4 Å². The third kappa shape index (κ3) is 5.86.